The van der Waals surface area contributed by atoms with E-state index in [-0.39, 0.29) is 11.0 Å². The van der Waals surface area contributed by atoms with Crippen molar-refractivity contribution in [2.24, 2.45) is 5.73 Å². The first-order valence-electron chi connectivity index (χ1n) is 4.57. The van der Waals surface area contributed by atoms with E-state index in [2.05, 4.69) is 4.98 Å². The average Bonchev–Trinajstić information content (AvgIpc) is 2.97. The standard InChI is InChI=1S/C9H11ClN2S/c10-7-12-5-6(13-7)8(1-2-8)9(11)3-4-9/h5H,1-4,11H2. The third-order valence-corrected chi connectivity index (χ3v) is 4.76. The molecule has 1 aromatic heterocycles. The van der Waals surface area contributed by atoms with Crippen molar-refractivity contribution in [3.8, 4) is 0 Å². The van der Waals surface area contributed by atoms with Gasteiger partial charge in [0.15, 0.2) is 4.47 Å². The molecule has 0 saturated heterocycles. The summed E-state index contributed by atoms with van der Waals surface area (Å²) < 4.78 is 0.644. The summed E-state index contributed by atoms with van der Waals surface area (Å²) in [7, 11) is 0. The van der Waals surface area contributed by atoms with Crippen LogP contribution in [0.3, 0.4) is 0 Å². The minimum Gasteiger partial charge on any atom is -0.324 e. The lowest BCUT2D eigenvalue weighted by molar-refractivity contribution is 0.510. The van der Waals surface area contributed by atoms with Crippen molar-refractivity contribution < 1.29 is 0 Å². The molecule has 0 bridgehead atoms. The van der Waals surface area contributed by atoms with Gasteiger partial charge in [0.05, 0.1) is 0 Å². The van der Waals surface area contributed by atoms with E-state index in [0.717, 1.165) is 0 Å². The number of aromatic nitrogens is 1. The molecule has 2 saturated carbocycles. The number of nitrogens with two attached hydrogens (primary N) is 1. The van der Waals surface area contributed by atoms with Gasteiger partial charge in [0.2, 0.25) is 0 Å². The highest BCUT2D eigenvalue weighted by atomic mass is 35.5. The van der Waals surface area contributed by atoms with Crippen LogP contribution in [0.4, 0.5) is 0 Å². The predicted molar refractivity (Wildman–Crippen MR) is 54.2 cm³/mol. The van der Waals surface area contributed by atoms with E-state index in [0.29, 0.717) is 4.47 Å². The summed E-state index contributed by atoms with van der Waals surface area (Å²) in [6.45, 7) is 0. The van der Waals surface area contributed by atoms with Gasteiger partial charge in [-0.1, -0.05) is 11.6 Å². The minimum atomic E-state index is 0.0862. The van der Waals surface area contributed by atoms with Crippen LogP contribution in [0.15, 0.2) is 6.20 Å². The first kappa shape index (κ1) is 8.21. The molecule has 1 aromatic rings. The SMILES string of the molecule is NC1(C2(c3cnc(Cl)s3)CC2)CC1. The molecule has 0 spiro atoms. The van der Waals surface area contributed by atoms with E-state index in [1.807, 2.05) is 6.20 Å². The van der Waals surface area contributed by atoms with Crippen molar-refractivity contribution in [2.75, 3.05) is 0 Å². The van der Waals surface area contributed by atoms with Crippen molar-refractivity contribution in [1.82, 2.24) is 4.98 Å². The fourth-order valence-corrected chi connectivity index (χ4v) is 3.50. The molecule has 4 heteroatoms. The first-order chi connectivity index (χ1) is 6.16. The van der Waals surface area contributed by atoms with Gasteiger partial charge in [-0.05, 0) is 25.7 Å². The summed E-state index contributed by atoms with van der Waals surface area (Å²) in [5.41, 5.74) is 6.61. The van der Waals surface area contributed by atoms with Crippen molar-refractivity contribution in [3.05, 3.63) is 15.5 Å². The highest BCUT2D eigenvalue weighted by Gasteiger charge is 2.64. The minimum absolute atomic E-state index is 0.0862. The largest absolute Gasteiger partial charge is 0.324 e. The highest BCUT2D eigenvalue weighted by molar-refractivity contribution is 7.15. The maximum atomic E-state index is 6.26. The Labute approximate surface area is 86.1 Å². The summed E-state index contributed by atoms with van der Waals surface area (Å²) >= 11 is 7.43. The third-order valence-electron chi connectivity index (χ3n) is 3.44. The van der Waals surface area contributed by atoms with Gasteiger partial charge in [-0.15, -0.1) is 11.3 Å². The van der Waals surface area contributed by atoms with Gasteiger partial charge in [-0.2, -0.15) is 0 Å². The third kappa shape index (κ3) is 1.01. The number of hydrogen-bond acceptors (Lipinski definition) is 3. The Kier molecular flexibility index (Phi) is 1.43. The Morgan fingerprint density at radius 3 is 2.46 bits per heavy atom. The second-order valence-electron chi connectivity index (χ2n) is 4.22. The van der Waals surface area contributed by atoms with Gasteiger partial charge in [-0.3, -0.25) is 0 Å². The molecule has 0 aliphatic heterocycles. The van der Waals surface area contributed by atoms with Crippen LogP contribution >= 0.6 is 22.9 Å². The van der Waals surface area contributed by atoms with Gasteiger partial charge >= 0.3 is 0 Å². The molecule has 1 heterocycles. The molecule has 2 N–H and O–H groups in total. The van der Waals surface area contributed by atoms with Gasteiger partial charge in [0.1, 0.15) is 0 Å². The summed E-state index contributed by atoms with van der Waals surface area (Å²) in [5, 5.41) is 0. The second kappa shape index (κ2) is 2.27. The topological polar surface area (TPSA) is 38.9 Å². The lowest BCUT2D eigenvalue weighted by atomic mass is 9.93. The molecule has 13 heavy (non-hydrogen) atoms. The Morgan fingerprint density at radius 2 is 2.08 bits per heavy atom. The molecule has 2 fully saturated rings. The Morgan fingerprint density at radius 1 is 1.38 bits per heavy atom. The lowest BCUT2D eigenvalue weighted by Crippen LogP contribution is -2.36. The molecule has 2 aliphatic rings. The quantitative estimate of drug-likeness (QED) is 0.821. The zero-order valence-corrected chi connectivity index (χ0v) is 8.79. The van der Waals surface area contributed by atoms with Crippen LogP contribution in [-0.4, -0.2) is 10.5 Å². The number of thiazole rings is 1. The second-order valence-corrected chi connectivity index (χ2v) is 5.83. The fraction of sp³-hybridized carbons (Fsp3) is 0.667. The monoisotopic (exact) mass is 214 g/mol. The van der Waals surface area contributed by atoms with Crippen LogP contribution in [-0.2, 0) is 5.41 Å². The van der Waals surface area contributed by atoms with Gasteiger partial charge in [0.25, 0.3) is 0 Å². The highest BCUT2D eigenvalue weighted by Crippen LogP contribution is 2.64. The molecule has 2 nitrogen and oxygen atoms in total. The van der Waals surface area contributed by atoms with Gasteiger partial charge in [0, 0.05) is 22.0 Å². The number of nitrogens with zero attached hydrogens (tertiary/aromatic N) is 1. The molecule has 0 atom stereocenters. The van der Waals surface area contributed by atoms with Crippen LogP contribution in [0.1, 0.15) is 30.6 Å². The van der Waals surface area contributed by atoms with Crippen LogP contribution in [0.5, 0.6) is 0 Å². The molecule has 70 valence electrons. The summed E-state index contributed by atoms with van der Waals surface area (Å²) in [6.07, 6.45) is 6.70. The summed E-state index contributed by atoms with van der Waals surface area (Å²) in [4.78, 5) is 5.40. The smallest absolute Gasteiger partial charge is 0.183 e. The van der Waals surface area contributed by atoms with E-state index < -0.39 is 0 Å². The molecule has 0 aromatic carbocycles. The van der Waals surface area contributed by atoms with E-state index in [1.54, 1.807) is 11.3 Å². The Hall–Kier alpha value is -0.120. The molecular weight excluding hydrogens is 204 g/mol. The van der Waals surface area contributed by atoms with E-state index >= 15 is 0 Å². The molecule has 0 unspecified atom stereocenters. The molecule has 3 rings (SSSR count). The Bertz CT molecular complexity index is 352. The first-order valence-corrected chi connectivity index (χ1v) is 5.77. The number of rotatable bonds is 2. The van der Waals surface area contributed by atoms with Crippen molar-refractivity contribution in [3.63, 3.8) is 0 Å². The maximum absolute atomic E-state index is 6.26. The zero-order valence-electron chi connectivity index (χ0n) is 7.22. The number of hydrogen-bond donors (Lipinski definition) is 1. The Balaban J connectivity index is 2.00. The summed E-state index contributed by atoms with van der Waals surface area (Å²) in [5.74, 6) is 0. The maximum Gasteiger partial charge on any atom is 0.183 e. The zero-order chi connectivity index (χ0) is 9.10. The van der Waals surface area contributed by atoms with Crippen LogP contribution in [0.2, 0.25) is 4.47 Å². The van der Waals surface area contributed by atoms with Gasteiger partial charge in [-0.25, -0.2) is 4.98 Å². The van der Waals surface area contributed by atoms with Crippen molar-refractivity contribution >= 4 is 22.9 Å². The lowest BCUT2D eigenvalue weighted by Gasteiger charge is -2.20. The van der Waals surface area contributed by atoms with Crippen molar-refractivity contribution in [1.29, 1.82) is 0 Å². The van der Waals surface area contributed by atoms with Crippen LogP contribution < -0.4 is 5.73 Å². The number of halogens is 1. The van der Waals surface area contributed by atoms with E-state index in [4.69, 9.17) is 17.3 Å². The van der Waals surface area contributed by atoms with E-state index in [1.165, 1.54) is 30.6 Å². The van der Waals surface area contributed by atoms with Crippen LogP contribution in [0, 0.1) is 0 Å². The average molecular weight is 215 g/mol. The molecule has 2 aliphatic carbocycles. The van der Waals surface area contributed by atoms with Gasteiger partial charge < -0.3 is 5.73 Å². The van der Waals surface area contributed by atoms with E-state index in [9.17, 15) is 0 Å². The molecular formula is C9H11ClN2S. The fourth-order valence-electron chi connectivity index (χ4n) is 2.20. The molecule has 0 radical (unpaired) electrons. The summed E-state index contributed by atoms with van der Waals surface area (Å²) in [6, 6.07) is 0. The predicted octanol–water partition coefficient (Wildman–Crippen LogP) is 2.32. The van der Waals surface area contributed by atoms with Crippen molar-refractivity contribution in [2.45, 2.75) is 36.6 Å². The normalized spacial score (nSPS) is 27.2. The molecule has 0 amide bonds. The van der Waals surface area contributed by atoms with Crippen LogP contribution in [0.25, 0.3) is 0 Å².